The van der Waals surface area contributed by atoms with Gasteiger partial charge in [0.25, 0.3) is 0 Å². The third-order valence-corrected chi connectivity index (χ3v) is 2.98. The molecule has 82 valence electrons. The van der Waals surface area contributed by atoms with E-state index in [1.54, 1.807) is 11.8 Å². The number of nitrogens with one attached hydrogen (secondary N) is 1. The third kappa shape index (κ3) is 4.36. The minimum atomic E-state index is -0.160. The summed E-state index contributed by atoms with van der Waals surface area (Å²) in [5.41, 5.74) is 6.03. The first kappa shape index (κ1) is 12.1. The maximum absolute atomic E-state index is 11.1. The first-order chi connectivity index (χ1) is 7.26. The van der Waals surface area contributed by atoms with Crippen molar-refractivity contribution < 1.29 is 4.79 Å². The lowest BCUT2D eigenvalue weighted by molar-refractivity contribution is -0.114. The average Bonchev–Trinajstić information content (AvgIpc) is 2.26. The largest absolute Gasteiger partial charge is 0.325 e. The van der Waals surface area contributed by atoms with Crippen LogP contribution >= 0.6 is 11.8 Å². The second-order valence-electron chi connectivity index (χ2n) is 3.13. The summed E-state index contributed by atoms with van der Waals surface area (Å²) in [6.07, 6.45) is 1.14. The van der Waals surface area contributed by atoms with Gasteiger partial charge >= 0.3 is 0 Å². The molecule has 0 aliphatic rings. The summed E-state index contributed by atoms with van der Waals surface area (Å²) in [5, 5.41) is 2.73. The Morgan fingerprint density at radius 1 is 1.53 bits per heavy atom. The molecular formula is C11H16N2OS. The van der Waals surface area contributed by atoms with Crippen LogP contribution in [-0.4, -0.2) is 18.2 Å². The predicted molar refractivity (Wildman–Crippen MR) is 65.1 cm³/mol. The highest BCUT2D eigenvalue weighted by molar-refractivity contribution is 7.99. The molecule has 0 atom stereocenters. The van der Waals surface area contributed by atoms with Crippen molar-refractivity contribution in [3.05, 3.63) is 24.3 Å². The van der Waals surface area contributed by atoms with Crippen molar-refractivity contribution in [2.45, 2.75) is 18.2 Å². The number of rotatable bonds is 5. The Balaban J connectivity index is 2.61. The van der Waals surface area contributed by atoms with Gasteiger partial charge in [-0.1, -0.05) is 13.0 Å². The SMILES string of the molecule is CCCSc1cccc(NC(=O)CN)c1. The molecule has 1 rings (SSSR count). The van der Waals surface area contributed by atoms with Crippen LogP contribution in [0.3, 0.4) is 0 Å². The number of carbonyl (C=O) groups is 1. The fourth-order valence-electron chi connectivity index (χ4n) is 1.10. The van der Waals surface area contributed by atoms with Gasteiger partial charge in [-0.15, -0.1) is 11.8 Å². The van der Waals surface area contributed by atoms with Crippen molar-refractivity contribution in [2.75, 3.05) is 17.6 Å². The molecule has 0 saturated heterocycles. The Labute approximate surface area is 94.4 Å². The van der Waals surface area contributed by atoms with Crippen molar-refractivity contribution in [3.63, 3.8) is 0 Å². The van der Waals surface area contributed by atoms with Gasteiger partial charge < -0.3 is 11.1 Å². The van der Waals surface area contributed by atoms with Gasteiger partial charge in [0.15, 0.2) is 0 Å². The van der Waals surface area contributed by atoms with E-state index in [2.05, 4.69) is 12.2 Å². The molecule has 4 heteroatoms. The first-order valence-electron chi connectivity index (χ1n) is 4.99. The lowest BCUT2D eigenvalue weighted by Crippen LogP contribution is -2.21. The molecule has 0 aromatic heterocycles. The van der Waals surface area contributed by atoms with Gasteiger partial charge in [-0.3, -0.25) is 4.79 Å². The van der Waals surface area contributed by atoms with Crippen LogP contribution in [0.2, 0.25) is 0 Å². The maximum atomic E-state index is 11.1. The van der Waals surface area contributed by atoms with Crippen molar-refractivity contribution in [1.29, 1.82) is 0 Å². The van der Waals surface area contributed by atoms with Crippen LogP contribution in [0.1, 0.15) is 13.3 Å². The molecular weight excluding hydrogens is 208 g/mol. The molecule has 1 aromatic carbocycles. The van der Waals surface area contributed by atoms with Crippen molar-refractivity contribution in [1.82, 2.24) is 0 Å². The summed E-state index contributed by atoms with van der Waals surface area (Å²) in [5.74, 6) is 0.932. The summed E-state index contributed by atoms with van der Waals surface area (Å²) in [4.78, 5) is 12.2. The second kappa shape index (κ2) is 6.48. The van der Waals surface area contributed by atoms with E-state index in [1.165, 1.54) is 4.90 Å². The van der Waals surface area contributed by atoms with Crippen LogP contribution in [0.5, 0.6) is 0 Å². The third-order valence-electron chi connectivity index (χ3n) is 1.78. The molecule has 1 aromatic rings. The van der Waals surface area contributed by atoms with Gasteiger partial charge in [0.2, 0.25) is 5.91 Å². The number of anilines is 1. The van der Waals surface area contributed by atoms with E-state index < -0.39 is 0 Å². The number of thioether (sulfide) groups is 1. The first-order valence-corrected chi connectivity index (χ1v) is 5.97. The van der Waals surface area contributed by atoms with E-state index in [0.29, 0.717) is 0 Å². The number of carbonyl (C=O) groups excluding carboxylic acids is 1. The van der Waals surface area contributed by atoms with Crippen LogP contribution in [0.4, 0.5) is 5.69 Å². The van der Waals surface area contributed by atoms with Gasteiger partial charge in [-0.05, 0) is 30.4 Å². The number of nitrogens with two attached hydrogens (primary N) is 1. The van der Waals surface area contributed by atoms with Gasteiger partial charge in [-0.2, -0.15) is 0 Å². The fourth-order valence-corrected chi connectivity index (χ4v) is 1.92. The summed E-state index contributed by atoms with van der Waals surface area (Å²) < 4.78 is 0. The van der Waals surface area contributed by atoms with Crippen LogP contribution in [0.15, 0.2) is 29.2 Å². The molecule has 0 fully saturated rings. The highest BCUT2D eigenvalue weighted by atomic mass is 32.2. The van der Waals surface area contributed by atoms with Gasteiger partial charge in [0.1, 0.15) is 0 Å². The molecule has 0 aliphatic heterocycles. The monoisotopic (exact) mass is 224 g/mol. The summed E-state index contributed by atoms with van der Waals surface area (Å²) in [6.45, 7) is 2.17. The molecule has 0 saturated carbocycles. The minimum absolute atomic E-state index is 0.0202. The quantitative estimate of drug-likeness (QED) is 0.753. The molecule has 0 spiro atoms. The summed E-state index contributed by atoms with van der Waals surface area (Å²) >= 11 is 1.79. The second-order valence-corrected chi connectivity index (χ2v) is 4.30. The zero-order chi connectivity index (χ0) is 11.1. The Morgan fingerprint density at radius 2 is 2.33 bits per heavy atom. The fraction of sp³-hybridized carbons (Fsp3) is 0.364. The Morgan fingerprint density at radius 3 is 3.00 bits per heavy atom. The molecule has 15 heavy (non-hydrogen) atoms. The lowest BCUT2D eigenvalue weighted by atomic mass is 10.3. The normalized spacial score (nSPS) is 10.0. The number of hydrogen-bond acceptors (Lipinski definition) is 3. The summed E-state index contributed by atoms with van der Waals surface area (Å²) in [6, 6.07) is 7.81. The lowest BCUT2D eigenvalue weighted by Gasteiger charge is -2.05. The number of benzene rings is 1. The highest BCUT2D eigenvalue weighted by Gasteiger charge is 2.00. The molecule has 0 aliphatic carbocycles. The van der Waals surface area contributed by atoms with E-state index in [9.17, 15) is 4.79 Å². The highest BCUT2D eigenvalue weighted by Crippen LogP contribution is 2.21. The van der Waals surface area contributed by atoms with Crippen LogP contribution in [0, 0.1) is 0 Å². The topological polar surface area (TPSA) is 55.1 Å². The Bertz CT molecular complexity index is 328. The van der Waals surface area contributed by atoms with Gasteiger partial charge in [-0.25, -0.2) is 0 Å². The van der Waals surface area contributed by atoms with E-state index in [1.807, 2.05) is 24.3 Å². The van der Waals surface area contributed by atoms with Gasteiger partial charge in [0.05, 0.1) is 6.54 Å². The molecule has 1 amide bonds. The summed E-state index contributed by atoms with van der Waals surface area (Å²) in [7, 11) is 0. The maximum Gasteiger partial charge on any atom is 0.238 e. The van der Waals surface area contributed by atoms with E-state index >= 15 is 0 Å². The van der Waals surface area contributed by atoms with Crippen LogP contribution in [-0.2, 0) is 4.79 Å². The van der Waals surface area contributed by atoms with Crippen molar-refractivity contribution in [2.24, 2.45) is 5.73 Å². The Kier molecular flexibility index (Phi) is 5.21. The molecule has 3 nitrogen and oxygen atoms in total. The van der Waals surface area contributed by atoms with Crippen LogP contribution < -0.4 is 11.1 Å². The molecule has 0 heterocycles. The standard InChI is InChI=1S/C11H16N2OS/c1-2-6-15-10-5-3-4-9(7-10)13-11(14)8-12/h3-5,7H,2,6,8,12H2,1H3,(H,13,14). The Hall–Kier alpha value is -1.00. The van der Waals surface area contributed by atoms with Crippen molar-refractivity contribution >= 4 is 23.4 Å². The molecule has 0 radical (unpaired) electrons. The van der Waals surface area contributed by atoms with Crippen LogP contribution in [0.25, 0.3) is 0 Å². The average molecular weight is 224 g/mol. The smallest absolute Gasteiger partial charge is 0.238 e. The molecule has 3 N–H and O–H groups in total. The minimum Gasteiger partial charge on any atom is -0.325 e. The number of amides is 1. The van der Waals surface area contributed by atoms with E-state index in [4.69, 9.17) is 5.73 Å². The molecule has 0 unspecified atom stereocenters. The van der Waals surface area contributed by atoms with E-state index in [-0.39, 0.29) is 12.5 Å². The zero-order valence-electron chi connectivity index (χ0n) is 8.82. The van der Waals surface area contributed by atoms with E-state index in [0.717, 1.165) is 17.9 Å². The predicted octanol–water partition coefficient (Wildman–Crippen LogP) is 2.09. The van der Waals surface area contributed by atoms with Crippen molar-refractivity contribution in [3.8, 4) is 0 Å². The molecule has 0 bridgehead atoms. The van der Waals surface area contributed by atoms with Gasteiger partial charge in [0, 0.05) is 10.6 Å². The number of hydrogen-bond donors (Lipinski definition) is 2. The zero-order valence-corrected chi connectivity index (χ0v) is 9.64.